The molecule has 1 atom stereocenters. The highest BCUT2D eigenvalue weighted by atomic mass is 16.5. The van der Waals surface area contributed by atoms with E-state index in [-0.39, 0.29) is 11.9 Å². The molecule has 1 saturated heterocycles. The smallest absolute Gasteiger partial charge is 0.271 e. The van der Waals surface area contributed by atoms with Crippen LogP contribution in [0.15, 0.2) is 18.6 Å². The zero-order valence-electron chi connectivity index (χ0n) is 8.35. The average molecular weight is 207 g/mol. The van der Waals surface area contributed by atoms with Gasteiger partial charge in [-0.1, -0.05) is 0 Å². The molecule has 1 aromatic rings. The van der Waals surface area contributed by atoms with Gasteiger partial charge in [0.25, 0.3) is 5.91 Å². The molecule has 2 heterocycles. The third-order valence-electron chi connectivity index (χ3n) is 2.29. The maximum absolute atomic E-state index is 11.6. The summed E-state index contributed by atoms with van der Waals surface area (Å²) in [4.78, 5) is 19.4. The van der Waals surface area contributed by atoms with Crippen molar-refractivity contribution in [1.82, 2.24) is 15.3 Å². The van der Waals surface area contributed by atoms with E-state index in [4.69, 9.17) is 4.74 Å². The van der Waals surface area contributed by atoms with Gasteiger partial charge >= 0.3 is 0 Å². The van der Waals surface area contributed by atoms with Crippen LogP contribution in [-0.4, -0.2) is 35.1 Å². The molecule has 1 aliphatic rings. The Balaban J connectivity index is 1.91. The van der Waals surface area contributed by atoms with Crippen molar-refractivity contribution in [1.29, 1.82) is 0 Å². The van der Waals surface area contributed by atoms with Crippen LogP contribution in [-0.2, 0) is 4.74 Å². The summed E-state index contributed by atoms with van der Waals surface area (Å²) < 4.78 is 5.27. The molecular formula is C10H13N3O2. The Bertz CT molecular complexity index is 323. The van der Waals surface area contributed by atoms with Gasteiger partial charge in [0.2, 0.25) is 0 Å². The minimum Gasteiger partial charge on any atom is -0.379 e. The number of carbonyl (C=O) groups is 1. The third-order valence-corrected chi connectivity index (χ3v) is 2.29. The Morgan fingerprint density at radius 1 is 1.53 bits per heavy atom. The number of nitrogens with zero attached hydrogens (tertiary/aromatic N) is 2. The molecule has 0 spiro atoms. The van der Waals surface area contributed by atoms with Crippen LogP contribution in [0.25, 0.3) is 0 Å². The van der Waals surface area contributed by atoms with Crippen LogP contribution in [0.4, 0.5) is 0 Å². The fraction of sp³-hybridized carbons (Fsp3) is 0.500. The number of hydrogen-bond donors (Lipinski definition) is 1. The molecule has 80 valence electrons. The summed E-state index contributed by atoms with van der Waals surface area (Å²) in [6, 6.07) is 0.105. The quantitative estimate of drug-likeness (QED) is 0.761. The zero-order chi connectivity index (χ0) is 10.5. The summed E-state index contributed by atoms with van der Waals surface area (Å²) >= 11 is 0. The van der Waals surface area contributed by atoms with Gasteiger partial charge in [-0.15, -0.1) is 0 Å². The molecule has 1 aromatic heterocycles. The predicted molar refractivity (Wildman–Crippen MR) is 53.3 cm³/mol. The first-order valence-corrected chi connectivity index (χ1v) is 5.01. The molecule has 5 heteroatoms. The van der Waals surface area contributed by atoms with Crippen molar-refractivity contribution in [3.8, 4) is 0 Å². The Morgan fingerprint density at radius 2 is 2.47 bits per heavy atom. The second kappa shape index (κ2) is 4.84. The number of hydrogen-bond acceptors (Lipinski definition) is 4. The van der Waals surface area contributed by atoms with E-state index in [1.165, 1.54) is 12.4 Å². The first-order valence-electron chi connectivity index (χ1n) is 5.01. The molecule has 2 rings (SSSR count). The molecule has 1 fully saturated rings. The van der Waals surface area contributed by atoms with Gasteiger partial charge in [-0.05, 0) is 12.8 Å². The largest absolute Gasteiger partial charge is 0.379 e. The highest BCUT2D eigenvalue weighted by molar-refractivity contribution is 5.92. The highest BCUT2D eigenvalue weighted by Gasteiger charge is 2.17. The van der Waals surface area contributed by atoms with Gasteiger partial charge in [-0.2, -0.15) is 0 Å². The van der Waals surface area contributed by atoms with E-state index in [1.54, 1.807) is 6.20 Å². The van der Waals surface area contributed by atoms with Gasteiger partial charge in [0.15, 0.2) is 0 Å². The molecule has 1 amide bonds. The molecule has 1 unspecified atom stereocenters. The number of amides is 1. The lowest BCUT2D eigenvalue weighted by Gasteiger charge is -2.22. The number of ether oxygens (including phenoxy) is 1. The lowest BCUT2D eigenvalue weighted by Crippen LogP contribution is -2.40. The lowest BCUT2D eigenvalue weighted by molar-refractivity contribution is 0.0622. The van der Waals surface area contributed by atoms with Crippen LogP contribution in [0.1, 0.15) is 23.3 Å². The molecule has 0 aliphatic carbocycles. The molecular weight excluding hydrogens is 194 g/mol. The van der Waals surface area contributed by atoms with Crippen molar-refractivity contribution >= 4 is 5.91 Å². The average Bonchev–Trinajstić information content (AvgIpc) is 2.31. The normalized spacial score (nSPS) is 20.9. The fourth-order valence-electron chi connectivity index (χ4n) is 1.53. The minimum atomic E-state index is -0.182. The first kappa shape index (κ1) is 10.0. The van der Waals surface area contributed by atoms with Crippen LogP contribution < -0.4 is 5.32 Å². The predicted octanol–water partition coefficient (Wildman–Crippen LogP) is 0.385. The highest BCUT2D eigenvalue weighted by Crippen LogP contribution is 2.06. The standard InChI is InChI=1S/C10H13N3O2/c14-10(9-6-11-3-4-12-9)13-8-2-1-5-15-7-8/h3-4,6,8H,1-2,5,7H2,(H,13,14). The minimum absolute atomic E-state index is 0.105. The SMILES string of the molecule is O=C(NC1CCCOC1)c1cnccn1. The van der Waals surface area contributed by atoms with Crippen molar-refractivity contribution < 1.29 is 9.53 Å². The van der Waals surface area contributed by atoms with Gasteiger partial charge in [0.1, 0.15) is 5.69 Å². The van der Waals surface area contributed by atoms with Gasteiger partial charge in [0, 0.05) is 19.0 Å². The second-order valence-electron chi connectivity index (χ2n) is 3.48. The molecule has 0 saturated carbocycles. The Kier molecular flexibility index (Phi) is 3.24. The Labute approximate surface area is 87.9 Å². The summed E-state index contributed by atoms with van der Waals surface area (Å²) in [6.07, 6.45) is 6.46. The van der Waals surface area contributed by atoms with E-state index >= 15 is 0 Å². The lowest BCUT2D eigenvalue weighted by atomic mass is 10.1. The first-order chi connectivity index (χ1) is 7.36. The zero-order valence-corrected chi connectivity index (χ0v) is 8.35. The van der Waals surface area contributed by atoms with Gasteiger partial charge < -0.3 is 10.1 Å². The van der Waals surface area contributed by atoms with Gasteiger partial charge in [0.05, 0.1) is 18.8 Å². The molecule has 5 nitrogen and oxygen atoms in total. The Hall–Kier alpha value is -1.49. The van der Waals surface area contributed by atoms with Crippen LogP contribution in [0.2, 0.25) is 0 Å². The number of carbonyl (C=O) groups excluding carboxylic acids is 1. The van der Waals surface area contributed by atoms with Gasteiger partial charge in [-0.25, -0.2) is 4.98 Å². The Morgan fingerprint density at radius 3 is 3.13 bits per heavy atom. The van der Waals surface area contributed by atoms with Crippen LogP contribution in [0.5, 0.6) is 0 Å². The summed E-state index contributed by atoms with van der Waals surface area (Å²) in [5.41, 5.74) is 0.350. The second-order valence-corrected chi connectivity index (χ2v) is 3.48. The van der Waals surface area contributed by atoms with E-state index < -0.39 is 0 Å². The van der Waals surface area contributed by atoms with Crippen LogP contribution in [0, 0.1) is 0 Å². The summed E-state index contributed by atoms with van der Waals surface area (Å²) in [6.45, 7) is 1.38. The van der Waals surface area contributed by atoms with E-state index in [2.05, 4.69) is 15.3 Å². The van der Waals surface area contributed by atoms with E-state index in [0.717, 1.165) is 19.4 Å². The third kappa shape index (κ3) is 2.73. The molecule has 0 radical (unpaired) electrons. The summed E-state index contributed by atoms with van der Waals surface area (Å²) in [5.74, 6) is -0.182. The van der Waals surface area contributed by atoms with Crippen molar-refractivity contribution in [3.63, 3.8) is 0 Å². The molecule has 0 aromatic carbocycles. The van der Waals surface area contributed by atoms with Crippen molar-refractivity contribution in [2.45, 2.75) is 18.9 Å². The molecule has 15 heavy (non-hydrogen) atoms. The number of nitrogens with one attached hydrogen (secondary N) is 1. The maximum Gasteiger partial charge on any atom is 0.271 e. The maximum atomic E-state index is 11.6. The molecule has 1 aliphatic heterocycles. The van der Waals surface area contributed by atoms with E-state index in [9.17, 15) is 4.79 Å². The monoisotopic (exact) mass is 207 g/mol. The van der Waals surface area contributed by atoms with Crippen molar-refractivity contribution in [3.05, 3.63) is 24.3 Å². The van der Waals surface area contributed by atoms with Gasteiger partial charge in [-0.3, -0.25) is 9.78 Å². The fourth-order valence-corrected chi connectivity index (χ4v) is 1.53. The van der Waals surface area contributed by atoms with Crippen LogP contribution >= 0.6 is 0 Å². The van der Waals surface area contributed by atoms with E-state index in [0.29, 0.717) is 12.3 Å². The summed E-state index contributed by atoms with van der Waals surface area (Å²) in [5, 5.41) is 2.87. The molecule has 1 N–H and O–H groups in total. The van der Waals surface area contributed by atoms with E-state index in [1.807, 2.05) is 0 Å². The summed E-state index contributed by atoms with van der Waals surface area (Å²) in [7, 11) is 0. The number of aromatic nitrogens is 2. The molecule has 0 bridgehead atoms. The topological polar surface area (TPSA) is 64.1 Å². The van der Waals surface area contributed by atoms with Crippen molar-refractivity contribution in [2.75, 3.05) is 13.2 Å². The number of rotatable bonds is 2. The van der Waals surface area contributed by atoms with Crippen molar-refractivity contribution in [2.24, 2.45) is 0 Å². The van der Waals surface area contributed by atoms with Crippen LogP contribution in [0.3, 0.4) is 0 Å².